The van der Waals surface area contributed by atoms with Crippen molar-refractivity contribution in [3.63, 3.8) is 0 Å². The summed E-state index contributed by atoms with van der Waals surface area (Å²) in [7, 11) is 0. The third-order valence-electron chi connectivity index (χ3n) is 1.45. The van der Waals surface area contributed by atoms with E-state index in [0.717, 1.165) is 6.08 Å². The van der Waals surface area contributed by atoms with Crippen molar-refractivity contribution in [3.8, 4) is 0 Å². The number of ether oxygens (including phenoxy) is 2. The lowest BCUT2D eigenvalue weighted by Gasteiger charge is -2.24. The molecule has 0 unspecified atom stereocenters. The van der Waals surface area contributed by atoms with E-state index in [1.54, 1.807) is 20.8 Å². The van der Waals surface area contributed by atoms with Crippen LogP contribution >= 0.6 is 0 Å². The van der Waals surface area contributed by atoms with Crippen molar-refractivity contribution in [2.24, 2.45) is 0 Å². The Morgan fingerprint density at radius 3 is 2.33 bits per heavy atom. The second kappa shape index (κ2) is 5.34. The molecule has 0 aromatic rings. The molecule has 0 spiro atoms. The van der Waals surface area contributed by atoms with Gasteiger partial charge < -0.3 is 9.47 Å². The fourth-order valence-corrected chi connectivity index (χ4v) is 0.671. The summed E-state index contributed by atoms with van der Waals surface area (Å²) in [5.74, 6) is -1.05. The standard InChI is InChI=1S/C11H16O4/c1-6-9(12)14-7-11(4,5)15-10(13)8(2)3/h6H,1-2,7H2,3-5H3. The zero-order chi connectivity index (χ0) is 12.1. The van der Waals surface area contributed by atoms with Gasteiger partial charge in [-0.25, -0.2) is 9.59 Å². The maximum Gasteiger partial charge on any atom is 0.333 e. The topological polar surface area (TPSA) is 52.6 Å². The fourth-order valence-electron chi connectivity index (χ4n) is 0.671. The molecule has 4 nitrogen and oxygen atoms in total. The lowest BCUT2D eigenvalue weighted by atomic mass is 10.1. The highest BCUT2D eigenvalue weighted by Gasteiger charge is 2.24. The van der Waals surface area contributed by atoms with Crippen molar-refractivity contribution >= 4 is 11.9 Å². The molecule has 0 amide bonds. The van der Waals surface area contributed by atoms with E-state index in [9.17, 15) is 9.59 Å². The predicted molar refractivity (Wildman–Crippen MR) is 56.1 cm³/mol. The van der Waals surface area contributed by atoms with Crippen molar-refractivity contribution in [1.29, 1.82) is 0 Å². The van der Waals surface area contributed by atoms with E-state index in [1.807, 2.05) is 0 Å². The van der Waals surface area contributed by atoms with Crippen LogP contribution in [0.25, 0.3) is 0 Å². The first-order valence-electron chi connectivity index (χ1n) is 4.46. The number of esters is 2. The Labute approximate surface area is 89.6 Å². The molecule has 0 aromatic heterocycles. The zero-order valence-corrected chi connectivity index (χ0v) is 9.33. The van der Waals surface area contributed by atoms with Crippen molar-refractivity contribution in [3.05, 3.63) is 24.8 Å². The molecule has 0 saturated carbocycles. The van der Waals surface area contributed by atoms with Crippen LogP contribution in [0.1, 0.15) is 20.8 Å². The quantitative estimate of drug-likeness (QED) is 0.513. The van der Waals surface area contributed by atoms with Gasteiger partial charge in [0, 0.05) is 11.6 Å². The second-order valence-electron chi connectivity index (χ2n) is 3.74. The maximum atomic E-state index is 11.2. The SMILES string of the molecule is C=CC(=O)OCC(C)(C)OC(=O)C(=C)C. The predicted octanol–water partition coefficient (Wildman–Crippen LogP) is 1.61. The van der Waals surface area contributed by atoms with Crippen LogP contribution in [0.2, 0.25) is 0 Å². The van der Waals surface area contributed by atoms with Gasteiger partial charge in [0.1, 0.15) is 12.2 Å². The Kier molecular flexibility index (Phi) is 4.78. The van der Waals surface area contributed by atoms with Gasteiger partial charge in [0.25, 0.3) is 0 Å². The molecule has 0 bridgehead atoms. The van der Waals surface area contributed by atoms with E-state index in [-0.39, 0.29) is 6.61 Å². The van der Waals surface area contributed by atoms with Gasteiger partial charge in [-0.05, 0) is 20.8 Å². The van der Waals surface area contributed by atoms with Gasteiger partial charge in [-0.2, -0.15) is 0 Å². The molecule has 0 heterocycles. The minimum absolute atomic E-state index is 0.0170. The van der Waals surface area contributed by atoms with Crippen LogP contribution in [0.15, 0.2) is 24.8 Å². The summed E-state index contributed by atoms with van der Waals surface area (Å²) in [6.45, 7) is 11.5. The molecule has 84 valence electrons. The van der Waals surface area contributed by atoms with Crippen LogP contribution in [-0.4, -0.2) is 24.1 Å². The normalized spacial score (nSPS) is 10.3. The summed E-state index contributed by atoms with van der Waals surface area (Å²) in [6.07, 6.45) is 1.05. The lowest BCUT2D eigenvalue weighted by Crippen LogP contribution is -2.34. The lowest BCUT2D eigenvalue weighted by molar-refractivity contribution is -0.162. The van der Waals surface area contributed by atoms with Crippen LogP contribution in [0, 0.1) is 0 Å². The van der Waals surface area contributed by atoms with Gasteiger partial charge in [0.05, 0.1) is 0 Å². The van der Waals surface area contributed by atoms with Crippen LogP contribution in [0.3, 0.4) is 0 Å². The summed E-state index contributed by atoms with van der Waals surface area (Å²) >= 11 is 0. The highest BCUT2D eigenvalue weighted by Crippen LogP contribution is 2.12. The molecule has 0 N–H and O–H groups in total. The number of carbonyl (C=O) groups is 2. The van der Waals surface area contributed by atoms with Crippen molar-refractivity contribution in [1.82, 2.24) is 0 Å². The van der Waals surface area contributed by atoms with Gasteiger partial charge >= 0.3 is 11.9 Å². The van der Waals surface area contributed by atoms with Gasteiger partial charge in [0.2, 0.25) is 0 Å². The molecule has 0 fully saturated rings. The first-order chi connectivity index (χ1) is 6.78. The molecule has 0 rings (SSSR count). The van der Waals surface area contributed by atoms with Crippen LogP contribution in [0.5, 0.6) is 0 Å². The minimum Gasteiger partial charge on any atom is -0.458 e. The molecule has 15 heavy (non-hydrogen) atoms. The van der Waals surface area contributed by atoms with Crippen LogP contribution in [-0.2, 0) is 19.1 Å². The third-order valence-corrected chi connectivity index (χ3v) is 1.45. The fraction of sp³-hybridized carbons (Fsp3) is 0.455. The average Bonchev–Trinajstić information content (AvgIpc) is 2.13. The number of carbonyl (C=O) groups excluding carboxylic acids is 2. The molecular weight excluding hydrogens is 196 g/mol. The van der Waals surface area contributed by atoms with E-state index in [4.69, 9.17) is 9.47 Å². The highest BCUT2D eigenvalue weighted by atomic mass is 16.6. The summed E-state index contributed by atoms with van der Waals surface area (Å²) < 4.78 is 9.82. The van der Waals surface area contributed by atoms with Gasteiger partial charge in [-0.1, -0.05) is 13.2 Å². The zero-order valence-electron chi connectivity index (χ0n) is 9.33. The van der Waals surface area contributed by atoms with E-state index < -0.39 is 17.5 Å². The molecule has 4 heteroatoms. The molecule has 0 saturated heterocycles. The molecule has 0 radical (unpaired) electrons. The Hall–Kier alpha value is -1.58. The number of hydrogen-bond acceptors (Lipinski definition) is 4. The molecule has 0 atom stereocenters. The summed E-state index contributed by atoms with van der Waals surface area (Å²) in [5.41, 5.74) is -0.563. The van der Waals surface area contributed by atoms with E-state index >= 15 is 0 Å². The van der Waals surface area contributed by atoms with Crippen LogP contribution in [0.4, 0.5) is 0 Å². The van der Waals surface area contributed by atoms with Crippen molar-refractivity contribution in [2.45, 2.75) is 26.4 Å². The Morgan fingerprint density at radius 1 is 1.40 bits per heavy atom. The van der Waals surface area contributed by atoms with E-state index in [2.05, 4.69) is 13.2 Å². The Bertz CT molecular complexity index is 289. The molecule has 0 aliphatic carbocycles. The Balaban J connectivity index is 4.18. The second-order valence-corrected chi connectivity index (χ2v) is 3.74. The molecule has 0 aliphatic rings. The van der Waals surface area contributed by atoms with Gasteiger partial charge in [0.15, 0.2) is 0 Å². The summed E-state index contributed by atoms with van der Waals surface area (Å²) in [4.78, 5) is 22.0. The Morgan fingerprint density at radius 2 is 1.93 bits per heavy atom. The summed E-state index contributed by atoms with van der Waals surface area (Å²) in [5, 5.41) is 0. The molecule has 0 aliphatic heterocycles. The highest BCUT2D eigenvalue weighted by molar-refractivity contribution is 5.87. The van der Waals surface area contributed by atoms with Gasteiger partial charge in [-0.15, -0.1) is 0 Å². The van der Waals surface area contributed by atoms with Gasteiger partial charge in [-0.3, -0.25) is 0 Å². The van der Waals surface area contributed by atoms with E-state index in [1.165, 1.54) is 0 Å². The molecule has 0 aromatic carbocycles. The van der Waals surface area contributed by atoms with Crippen LogP contribution < -0.4 is 0 Å². The smallest absolute Gasteiger partial charge is 0.333 e. The van der Waals surface area contributed by atoms with Crippen molar-refractivity contribution in [2.75, 3.05) is 6.61 Å². The average molecular weight is 212 g/mol. The monoisotopic (exact) mass is 212 g/mol. The maximum absolute atomic E-state index is 11.2. The van der Waals surface area contributed by atoms with Crippen molar-refractivity contribution < 1.29 is 19.1 Å². The molecular formula is C11H16O4. The number of hydrogen-bond donors (Lipinski definition) is 0. The largest absolute Gasteiger partial charge is 0.458 e. The van der Waals surface area contributed by atoms with E-state index in [0.29, 0.717) is 5.57 Å². The first-order valence-corrected chi connectivity index (χ1v) is 4.46. The number of rotatable bonds is 5. The minimum atomic E-state index is -0.866. The summed E-state index contributed by atoms with van der Waals surface area (Å²) in [6, 6.07) is 0. The first kappa shape index (κ1) is 13.4. The third kappa shape index (κ3) is 5.67.